The first-order valence-electron chi connectivity index (χ1n) is 11.6. The number of carbonyl (C=O) groups is 1. The number of anilines is 1. The van der Waals surface area contributed by atoms with Crippen LogP contribution in [0.5, 0.6) is 0 Å². The number of rotatable bonds is 12. The SMILES string of the molecule is CC(C)c1nc(N(C)S(=O)(=O)CC(C)(C)O)nc(-c2ccc(F)cc2)c1C=C[C@@H](O)C[C@@H](O)CC(=O)[O-].[Na+]. The molecule has 1 heterocycles. The summed E-state index contributed by atoms with van der Waals surface area (Å²) >= 11 is 0. The molecule has 0 saturated carbocycles. The molecular weight excluding hydrogens is 528 g/mol. The van der Waals surface area contributed by atoms with Gasteiger partial charge in [0, 0.05) is 37.0 Å². The molecule has 2 aromatic rings. The Morgan fingerprint density at radius 3 is 2.26 bits per heavy atom. The smallest absolute Gasteiger partial charge is 0.550 e. The molecule has 1 aromatic carbocycles. The van der Waals surface area contributed by atoms with Crippen molar-refractivity contribution < 1.29 is 67.6 Å². The van der Waals surface area contributed by atoms with E-state index in [1.807, 2.05) is 13.8 Å². The number of halogens is 1. The number of aliphatic hydroxyl groups is 3. The topological polar surface area (TPSA) is 164 Å². The molecular formula is C25H33FN3NaO7S. The first kappa shape index (κ1) is 34.1. The quantitative estimate of drug-likeness (QED) is 0.254. The van der Waals surface area contributed by atoms with E-state index < -0.39 is 51.8 Å². The summed E-state index contributed by atoms with van der Waals surface area (Å²) < 4.78 is 40.4. The standard InChI is InChI=1S/C25H34FN3O7S.Na/c1-15(2)22-20(11-10-18(30)12-19(31)13-21(32)33)23(16-6-8-17(26)9-7-16)28-24(27-22)29(5)37(35,36)14-25(3,4)34;/h6-11,15,18-19,30-31,34H,12-14H2,1-5H3,(H,32,33);/q;+1/p-1/t18-,19-;/m1./s1. The Labute approximate surface area is 244 Å². The molecule has 0 unspecified atom stereocenters. The summed E-state index contributed by atoms with van der Waals surface area (Å²) in [4.78, 5) is 19.6. The second kappa shape index (κ2) is 13.9. The molecule has 0 aliphatic rings. The van der Waals surface area contributed by atoms with E-state index in [2.05, 4.69) is 9.97 Å². The summed E-state index contributed by atoms with van der Waals surface area (Å²) in [5, 5.41) is 40.8. The molecule has 0 amide bonds. The molecule has 0 bridgehead atoms. The zero-order valence-corrected chi connectivity index (χ0v) is 25.2. The van der Waals surface area contributed by atoms with Crippen LogP contribution < -0.4 is 39.0 Å². The molecule has 13 heteroatoms. The van der Waals surface area contributed by atoms with Gasteiger partial charge in [-0.3, -0.25) is 0 Å². The molecule has 2 rings (SSSR count). The van der Waals surface area contributed by atoms with Gasteiger partial charge in [0.15, 0.2) is 0 Å². The van der Waals surface area contributed by atoms with E-state index in [0.717, 1.165) is 4.31 Å². The van der Waals surface area contributed by atoms with Crippen molar-refractivity contribution in [2.45, 2.75) is 64.3 Å². The van der Waals surface area contributed by atoms with E-state index in [0.29, 0.717) is 16.8 Å². The van der Waals surface area contributed by atoms with Gasteiger partial charge in [-0.1, -0.05) is 26.0 Å². The fraction of sp³-hybridized carbons (Fsp3) is 0.480. The molecule has 0 radical (unpaired) electrons. The molecule has 0 spiro atoms. The van der Waals surface area contributed by atoms with E-state index in [9.17, 15) is 38.0 Å². The summed E-state index contributed by atoms with van der Waals surface area (Å²) in [6.07, 6.45) is -0.593. The minimum absolute atomic E-state index is 0. The maximum atomic E-state index is 13.6. The maximum Gasteiger partial charge on any atom is 1.00 e. The van der Waals surface area contributed by atoms with Crippen molar-refractivity contribution in [2.24, 2.45) is 0 Å². The number of sulfonamides is 1. The second-order valence-corrected chi connectivity index (χ2v) is 11.8. The maximum absolute atomic E-state index is 13.6. The molecule has 3 N–H and O–H groups in total. The second-order valence-electron chi connectivity index (χ2n) is 9.76. The Kier molecular flexibility index (Phi) is 12.5. The van der Waals surface area contributed by atoms with Crippen molar-refractivity contribution in [3.63, 3.8) is 0 Å². The molecule has 2 atom stereocenters. The predicted octanol–water partition coefficient (Wildman–Crippen LogP) is -1.79. The van der Waals surface area contributed by atoms with Gasteiger partial charge in [-0.2, -0.15) is 0 Å². The van der Waals surface area contributed by atoms with Crippen LogP contribution in [0.2, 0.25) is 0 Å². The Hall–Kier alpha value is -1.93. The number of carboxylic acids is 1. The third kappa shape index (κ3) is 9.99. The van der Waals surface area contributed by atoms with Crippen LogP contribution in [0.4, 0.5) is 10.3 Å². The van der Waals surface area contributed by atoms with Gasteiger partial charge in [0.25, 0.3) is 0 Å². The van der Waals surface area contributed by atoms with Crippen molar-refractivity contribution in [1.29, 1.82) is 0 Å². The predicted molar refractivity (Wildman–Crippen MR) is 135 cm³/mol. The molecule has 0 aliphatic heterocycles. The van der Waals surface area contributed by atoms with Crippen molar-refractivity contribution in [1.82, 2.24) is 9.97 Å². The van der Waals surface area contributed by atoms with Gasteiger partial charge in [0.05, 0.1) is 34.9 Å². The van der Waals surface area contributed by atoms with E-state index in [1.54, 1.807) is 0 Å². The van der Waals surface area contributed by atoms with Crippen molar-refractivity contribution in [3.8, 4) is 11.3 Å². The van der Waals surface area contributed by atoms with Crippen LogP contribution in [0.3, 0.4) is 0 Å². The van der Waals surface area contributed by atoms with Gasteiger partial charge in [-0.15, -0.1) is 0 Å². The third-order valence-corrected chi connectivity index (χ3v) is 7.33. The van der Waals surface area contributed by atoms with Gasteiger partial charge in [0.1, 0.15) is 5.82 Å². The molecule has 10 nitrogen and oxygen atoms in total. The zero-order chi connectivity index (χ0) is 28.1. The van der Waals surface area contributed by atoms with E-state index in [-0.39, 0.29) is 53.5 Å². The van der Waals surface area contributed by atoms with Gasteiger partial charge in [-0.05, 0) is 44.0 Å². The summed E-state index contributed by atoms with van der Waals surface area (Å²) in [5.74, 6) is -2.91. The number of aliphatic hydroxyl groups excluding tert-OH is 2. The van der Waals surface area contributed by atoms with Crippen LogP contribution in [0.15, 0.2) is 30.3 Å². The first-order valence-corrected chi connectivity index (χ1v) is 13.2. The van der Waals surface area contributed by atoms with Crippen LogP contribution in [0, 0.1) is 5.82 Å². The molecule has 0 fully saturated rings. The molecule has 38 heavy (non-hydrogen) atoms. The fourth-order valence-corrected chi connectivity index (χ4v) is 4.97. The Bertz CT molecular complexity index is 1230. The number of aromatic nitrogens is 2. The van der Waals surface area contributed by atoms with Gasteiger partial charge in [-0.25, -0.2) is 27.1 Å². The van der Waals surface area contributed by atoms with E-state index in [1.165, 1.54) is 57.3 Å². The monoisotopic (exact) mass is 561 g/mol. The Morgan fingerprint density at radius 2 is 1.76 bits per heavy atom. The van der Waals surface area contributed by atoms with Crippen molar-refractivity contribution in [2.75, 3.05) is 17.1 Å². The molecule has 1 aromatic heterocycles. The summed E-state index contributed by atoms with van der Waals surface area (Å²) in [6.45, 7) is 6.38. The van der Waals surface area contributed by atoms with E-state index in [4.69, 9.17) is 0 Å². The number of carboxylic acid groups (broad SMARTS) is 1. The number of carbonyl (C=O) groups excluding carboxylic acids is 1. The van der Waals surface area contributed by atoms with Crippen molar-refractivity contribution in [3.05, 3.63) is 47.4 Å². The van der Waals surface area contributed by atoms with Crippen LogP contribution >= 0.6 is 0 Å². The van der Waals surface area contributed by atoms with Crippen LogP contribution in [0.25, 0.3) is 17.3 Å². The number of aliphatic carboxylic acids is 1. The van der Waals surface area contributed by atoms with Crippen LogP contribution in [-0.2, 0) is 14.8 Å². The molecule has 204 valence electrons. The molecule has 0 saturated heterocycles. The number of nitrogens with zero attached hydrogens (tertiary/aromatic N) is 3. The largest absolute Gasteiger partial charge is 1.00 e. The first-order chi connectivity index (χ1) is 17.0. The molecule has 0 aliphatic carbocycles. The summed E-state index contributed by atoms with van der Waals surface area (Å²) in [6, 6.07) is 5.38. The zero-order valence-electron chi connectivity index (χ0n) is 22.4. The van der Waals surface area contributed by atoms with E-state index >= 15 is 0 Å². The van der Waals surface area contributed by atoms with Gasteiger partial charge >= 0.3 is 29.6 Å². The minimum atomic E-state index is -4.02. The Morgan fingerprint density at radius 1 is 1.18 bits per heavy atom. The number of hydrogen-bond acceptors (Lipinski definition) is 9. The van der Waals surface area contributed by atoms with Crippen LogP contribution in [0.1, 0.15) is 57.7 Å². The summed E-state index contributed by atoms with van der Waals surface area (Å²) in [5.41, 5.74) is 0.0537. The van der Waals surface area contributed by atoms with Crippen molar-refractivity contribution >= 4 is 28.0 Å². The third-order valence-electron chi connectivity index (χ3n) is 5.26. The summed E-state index contributed by atoms with van der Waals surface area (Å²) in [7, 11) is -2.75. The average Bonchev–Trinajstić information content (AvgIpc) is 2.74. The number of hydrogen-bond donors (Lipinski definition) is 3. The number of benzene rings is 1. The fourth-order valence-electron chi connectivity index (χ4n) is 3.56. The normalized spacial score (nSPS) is 13.8. The minimum Gasteiger partial charge on any atom is -0.550 e. The van der Waals surface area contributed by atoms with Gasteiger partial charge in [0.2, 0.25) is 16.0 Å². The average molecular weight is 562 g/mol. The van der Waals surface area contributed by atoms with Gasteiger partial charge < -0.3 is 25.2 Å². The Balaban J connectivity index is 0.00000722. The van der Waals surface area contributed by atoms with Crippen LogP contribution in [-0.4, -0.2) is 70.3 Å².